The Balaban J connectivity index is 0.00000225. The van der Waals surface area contributed by atoms with Gasteiger partial charge in [0.1, 0.15) is 0 Å². The largest absolute Gasteiger partial charge is 0.378 e. The van der Waals surface area contributed by atoms with Gasteiger partial charge >= 0.3 is 0 Å². The fourth-order valence-electron chi connectivity index (χ4n) is 5.31. The number of nitrogens with zero attached hydrogens (tertiary/aromatic N) is 2. The summed E-state index contributed by atoms with van der Waals surface area (Å²) in [6.45, 7) is 5.19. The number of nitrogens with one attached hydrogen (secondary N) is 2. The molecule has 3 aliphatic rings. The lowest BCUT2D eigenvalue weighted by atomic mass is 9.60. The molecule has 4 rings (SSSR count). The van der Waals surface area contributed by atoms with Crippen molar-refractivity contribution >= 4 is 46.3 Å². The Bertz CT molecular complexity index is 624. The molecule has 2 unspecified atom stereocenters. The third-order valence-electron chi connectivity index (χ3n) is 6.88. The minimum Gasteiger partial charge on any atom is -0.378 e. The minimum atomic E-state index is 0. The zero-order valence-corrected chi connectivity index (χ0v) is 20.3. The van der Waals surface area contributed by atoms with E-state index in [-0.39, 0.29) is 24.0 Å². The number of hydrogen-bond acceptors (Lipinski definition) is 4. The Labute approximate surface area is 190 Å². The van der Waals surface area contributed by atoms with E-state index in [0.717, 1.165) is 44.9 Å². The third kappa shape index (κ3) is 4.46. The lowest BCUT2D eigenvalue weighted by Gasteiger charge is -2.54. The number of ether oxygens (including phenoxy) is 1. The molecular weight excluding hydrogens is 483 g/mol. The van der Waals surface area contributed by atoms with Crippen LogP contribution in [0.4, 0.5) is 5.00 Å². The number of piperidine rings is 1. The lowest BCUT2D eigenvalue weighted by molar-refractivity contribution is -0.125. The van der Waals surface area contributed by atoms with Crippen LogP contribution < -0.4 is 15.5 Å². The lowest BCUT2D eigenvalue weighted by Crippen LogP contribution is -2.65. The predicted octanol–water partition coefficient (Wildman–Crippen LogP) is 4.24. The normalized spacial score (nSPS) is 27.4. The first-order valence-corrected chi connectivity index (χ1v) is 11.5. The van der Waals surface area contributed by atoms with Gasteiger partial charge in [-0.1, -0.05) is 12.8 Å². The standard InChI is InChI=1S/C21H34N4OS.HI/c1-3-26-18-15-17(21(18)10-4-5-11-21)24-20(22-2)23-16-8-12-25(13-9-16)19-7-6-14-27-19;/h6-7,14,16-18H,3-5,8-13,15H2,1-2H3,(H2,22,23,24);1H. The van der Waals surface area contributed by atoms with Gasteiger partial charge in [0, 0.05) is 44.2 Å². The average molecular weight is 519 g/mol. The van der Waals surface area contributed by atoms with Crippen molar-refractivity contribution in [2.75, 3.05) is 31.6 Å². The number of aliphatic imine (C=N–C) groups is 1. The van der Waals surface area contributed by atoms with Gasteiger partial charge in [0.05, 0.1) is 11.1 Å². The van der Waals surface area contributed by atoms with Crippen LogP contribution in [0.5, 0.6) is 0 Å². The van der Waals surface area contributed by atoms with Crippen molar-refractivity contribution in [1.29, 1.82) is 0 Å². The summed E-state index contributed by atoms with van der Waals surface area (Å²) in [5.41, 5.74) is 0.343. The maximum Gasteiger partial charge on any atom is 0.191 e. The summed E-state index contributed by atoms with van der Waals surface area (Å²) >= 11 is 1.84. The number of halogens is 1. The molecule has 1 aliphatic heterocycles. The van der Waals surface area contributed by atoms with Crippen molar-refractivity contribution in [1.82, 2.24) is 10.6 Å². The maximum atomic E-state index is 6.05. The summed E-state index contributed by atoms with van der Waals surface area (Å²) < 4.78 is 6.05. The van der Waals surface area contributed by atoms with Crippen LogP contribution in [0.1, 0.15) is 51.9 Å². The molecule has 3 fully saturated rings. The molecule has 5 nitrogen and oxygen atoms in total. The van der Waals surface area contributed by atoms with Crippen LogP contribution in [0.25, 0.3) is 0 Å². The van der Waals surface area contributed by atoms with E-state index in [1.54, 1.807) is 0 Å². The smallest absolute Gasteiger partial charge is 0.191 e. The zero-order chi connectivity index (χ0) is 18.7. The molecule has 2 aliphatic carbocycles. The molecule has 2 N–H and O–H groups in total. The SMILES string of the molecule is CCOC1CC(NC(=NC)NC2CCN(c3cccs3)CC2)C12CCCC2.I. The van der Waals surface area contributed by atoms with Gasteiger partial charge in [0.25, 0.3) is 0 Å². The Morgan fingerprint density at radius 1 is 1.29 bits per heavy atom. The van der Waals surface area contributed by atoms with Gasteiger partial charge in [-0.25, -0.2) is 0 Å². The van der Waals surface area contributed by atoms with E-state index in [9.17, 15) is 0 Å². The Kier molecular flexibility index (Phi) is 7.89. The summed E-state index contributed by atoms with van der Waals surface area (Å²) in [6, 6.07) is 5.39. The molecule has 2 heterocycles. The van der Waals surface area contributed by atoms with E-state index < -0.39 is 0 Å². The van der Waals surface area contributed by atoms with Crippen LogP contribution in [0.15, 0.2) is 22.5 Å². The van der Waals surface area contributed by atoms with Gasteiger partial charge in [-0.3, -0.25) is 4.99 Å². The molecule has 0 radical (unpaired) electrons. The van der Waals surface area contributed by atoms with Gasteiger partial charge < -0.3 is 20.3 Å². The Morgan fingerprint density at radius 2 is 2.04 bits per heavy atom. The molecule has 0 amide bonds. The monoisotopic (exact) mass is 518 g/mol. The van der Waals surface area contributed by atoms with Crippen LogP contribution in [-0.2, 0) is 4.74 Å². The van der Waals surface area contributed by atoms with E-state index >= 15 is 0 Å². The number of hydrogen-bond donors (Lipinski definition) is 2. The molecule has 7 heteroatoms. The third-order valence-corrected chi connectivity index (χ3v) is 7.80. The summed E-state index contributed by atoms with van der Waals surface area (Å²) in [7, 11) is 1.90. The van der Waals surface area contributed by atoms with Gasteiger partial charge in [0.15, 0.2) is 5.96 Å². The molecule has 158 valence electrons. The Morgan fingerprint density at radius 3 is 2.64 bits per heavy atom. The van der Waals surface area contributed by atoms with Gasteiger partial charge in [-0.05, 0) is 56.5 Å². The fourth-order valence-corrected chi connectivity index (χ4v) is 6.10. The van der Waals surface area contributed by atoms with Crippen LogP contribution in [-0.4, -0.2) is 50.9 Å². The van der Waals surface area contributed by atoms with Crippen molar-refractivity contribution in [2.45, 2.75) is 70.1 Å². The topological polar surface area (TPSA) is 48.9 Å². The minimum absolute atomic E-state index is 0. The van der Waals surface area contributed by atoms with Gasteiger partial charge in [-0.15, -0.1) is 35.3 Å². The van der Waals surface area contributed by atoms with E-state index in [4.69, 9.17) is 4.74 Å². The first-order valence-electron chi connectivity index (χ1n) is 10.6. The number of guanidine groups is 1. The zero-order valence-electron chi connectivity index (χ0n) is 17.2. The first-order chi connectivity index (χ1) is 13.2. The Hall–Kier alpha value is -0.540. The van der Waals surface area contributed by atoms with E-state index in [2.05, 4.69) is 45.0 Å². The molecule has 2 atom stereocenters. The van der Waals surface area contributed by atoms with Crippen LogP contribution in [0, 0.1) is 5.41 Å². The van der Waals surface area contributed by atoms with Crippen LogP contribution in [0.2, 0.25) is 0 Å². The van der Waals surface area contributed by atoms with E-state index in [1.807, 2.05) is 18.4 Å². The van der Waals surface area contributed by atoms with Crippen LogP contribution in [0.3, 0.4) is 0 Å². The summed E-state index contributed by atoms with van der Waals surface area (Å²) in [5.74, 6) is 0.982. The molecule has 0 aromatic carbocycles. The molecular formula is C21H35IN4OS. The highest BCUT2D eigenvalue weighted by molar-refractivity contribution is 14.0. The van der Waals surface area contributed by atoms with Crippen molar-refractivity contribution in [3.63, 3.8) is 0 Å². The molecule has 0 bridgehead atoms. The summed E-state index contributed by atoms with van der Waals surface area (Å²) in [4.78, 5) is 7.05. The molecule has 2 saturated carbocycles. The predicted molar refractivity (Wildman–Crippen MR) is 129 cm³/mol. The number of anilines is 1. The fraction of sp³-hybridized carbons (Fsp3) is 0.762. The van der Waals surface area contributed by atoms with Crippen molar-refractivity contribution in [2.24, 2.45) is 10.4 Å². The molecule has 1 aromatic rings. The molecule has 1 aromatic heterocycles. The molecule has 1 saturated heterocycles. The van der Waals surface area contributed by atoms with Crippen molar-refractivity contribution < 1.29 is 4.74 Å². The second kappa shape index (κ2) is 9.98. The average Bonchev–Trinajstić information content (AvgIpc) is 3.40. The molecule has 1 spiro atoms. The second-order valence-corrected chi connectivity index (χ2v) is 9.17. The highest BCUT2D eigenvalue weighted by Gasteiger charge is 2.57. The van der Waals surface area contributed by atoms with Gasteiger partial charge in [-0.2, -0.15) is 0 Å². The highest BCUT2D eigenvalue weighted by Crippen LogP contribution is 2.54. The van der Waals surface area contributed by atoms with E-state index in [1.165, 1.54) is 30.7 Å². The highest BCUT2D eigenvalue weighted by atomic mass is 127. The molecule has 28 heavy (non-hydrogen) atoms. The summed E-state index contributed by atoms with van der Waals surface area (Å²) in [5, 5.41) is 11.0. The second-order valence-electron chi connectivity index (χ2n) is 8.25. The summed E-state index contributed by atoms with van der Waals surface area (Å²) in [6.07, 6.45) is 9.16. The van der Waals surface area contributed by atoms with Gasteiger partial charge in [0.2, 0.25) is 0 Å². The number of rotatable bonds is 5. The van der Waals surface area contributed by atoms with Crippen LogP contribution >= 0.6 is 35.3 Å². The van der Waals surface area contributed by atoms with E-state index in [0.29, 0.717) is 23.6 Å². The number of thiophene rings is 1. The maximum absolute atomic E-state index is 6.05. The van der Waals surface area contributed by atoms with Crippen molar-refractivity contribution in [3.8, 4) is 0 Å². The van der Waals surface area contributed by atoms with Crippen molar-refractivity contribution in [3.05, 3.63) is 17.5 Å². The first kappa shape index (κ1) is 22.2. The quantitative estimate of drug-likeness (QED) is 0.348.